The smallest absolute Gasteiger partial charge is 0.416 e. The first-order chi connectivity index (χ1) is 23.8. The summed E-state index contributed by atoms with van der Waals surface area (Å²) in [6.07, 6.45) is 3.38. The first kappa shape index (κ1) is 36.7. The van der Waals surface area contributed by atoms with Gasteiger partial charge < -0.3 is 19.5 Å². The maximum absolute atomic E-state index is 13.9. The van der Waals surface area contributed by atoms with E-state index in [1.165, 1.54) is 24.0 Å². The van der Waals surface area contributed by atoms with Crippen LogP contribution in [0.1, 0.15) is 97.2 Å². The highest BCUT2D eigenvalue weighted by Gasteiger charge is 2.31. The van der Waals surface area contributed by atoms with Crippen molar-refractivity contribution in [3.8, 4) is 22.6 Å². The van der Waals surface area contributed by atoms with E-state index < -0.39 is 17.7 Å². The summed E-state index contributed by atoms with van der Waals surface area (Å²) in [6, 6.07) is 14.8. The van der Waals surface area contributed by atoms with Gasteiger partial charge in [-0.05, 0) is 122 Å². The molecule has 1 saturated carbocycles. The van der Waals surface area contributed by atoms with E-state index in [1.54, 1.807) is 13.0 Å². The number of carbonyl (C=O) groups is 1. The number of carboxylic acid groups (broad SMARTS) is 1. The van der Waals surface area contributed by atoms with Crippen LogP contribution in [0.5, 0.6) is 11.5 Å². The molecule has 0 amide bonds. The zero-order valence-corrected chi connectivity index (χ0v) is 29.4. The molecule has 0 saturated heterocycles. The van der Waals surface area contributed by atoms with Gasteiger partial charge >= 0.3 is 12.1 Å². The third kappa shape index (κ3) is 9.55. The standard InChI is InChI=1S/C40H46F3N3O4/c1-25(2)30-13-12-27(4)35(19-30)36-20-37(50-33-9-6-7-10-33)28(5)17-31(36)24-46(23-29-15-26(3)16-32(18-29)40(41,42)43)39-44-21-34(22-45-39)49-14-8-11-38(47)48/h12-13,15-22,25,33H,6-11,14,23-24H2,1-5H3,(H,47,48). The Kier molecular flexibility index (Phi) is 11.7. The number of aromatic nitrogens is 2. The number of aryl methyl sites for hydroxylation is 3. The number of carboxylic acids is 1. The highest BCUT2D eigenvalue weighted by molar-refractivity contribution is 5.74. The molecule has 0 atom stereocenters. The molecule has 1 aliphatic rings. The maximum Gasteiger partial charge on any atom is 0.416 e. The molecule has 5 rings (SSSR count). The van der Waals surface area contributed by atoms with Crippen LogP contribution in [0.3, 0.4) is 0 Å². The lowest BCUT2D eigenvalue weighted by Gasteiger charge is -2.27. The Hall–Kier alpha value is -4.60. The van der Waals surface area contributed by atoms with Gasteiger partial charge in [-0.25, -0.2) is 9.97 Å². The number of ether oxygens (including phenoxy) is 2. The predicted octanol–water partition coefficient (Wildman–Crippen LogP) is 9.98. The van der Waals surface area contributed by atoms with E-state index in [2.05, 4.69) is 61.1 Å². The van der Waals surface area contributed by atoms with Gasteiger partial charge in [-0.2, -0.15) is 13.2 Å². The van der Waals surface area contributed by atoms with Crippen molar-refractivity contribution in [3.05, 3.63) is 99.9 Å². The van der Waals surface area contributed by atoms with Crippen LogP contribution in [-0.2, 0) is 24.1 Å². The summed E-state index contributed by atoms with van der Waals surface area (Å²) in [5.41, 5.74) is 6.60. The van der Waals surface area contributed by atoms with Crippen LogP contribution in [0.4, 0.5) is 19.1 Å². The molecule has 0 spiro atoms. The largest absolute Gasteiger partial charge is 0.490 e. The fourth-order valence-corrected chi connectivity index (χ4v) is 6.43. The average molecular weight is 690 g/mol. The molecule has 10 heteroatoms. The van der Waals surface area contributed by atoms with Gasteiger partial charge in [0, 0.05) is 19.5 Å². The summed E-state index contributed by atoms with van der Waals surface area (Å²) in [5, 5.41) is 8.91. The van der Waals surface area contributed by atoms with Gasteiger partial charge in [-0.1, -0.05) is 43.7 Å². The van der Waals surface area contributed by atoms with E-state index in [0.29, 0.717) is 41.7 Å². The molecular formula is C40H46F3N3O4. The molecule has 1 N–H and O–H groups in total. The normalized spacial score (nSPS) is 13.5. The summed E-state index contributed by atoms with van der Waals surface area (Å²) >= 11 is 0. The van der Waals surface area contributed by atoms with Gasteiger partial charge in [0.1, 0.15) is 5.75 Å². The van der Waals surface area contributed by atoms with Crippen molar-refractivity contribution in [1.82, 2.24) is 9.97 Å². The number of alkyl halides is 3. The number of nitrogens with zero attached hydrogens (tertiary/aromatic N) is 3. The third-order valence-electron chi connectivity index (χ3n) is 9.12. The van der Waals surface area contributed by atoms with Crippen LogP contribution in [0.2, 0.25) is 0 Å². The monoisotopic (exact) mass is 689 g/mol. The molecule has 1 heterocycles. The first-order valence-electron chi connectivity index (χ1n) is 17.3. The van der Waals surface area contributed by atoms with Crippen LogP contribution in [0.25, 0.3) is 11.1 Å². The van der Waals surface area contributed by atoms with Crippen LogP contribution in [0.15, 0.2) is 60.9 Å². The number of anilines is 1. The summed E-state index contributed by atoms with van der Waals surface area (Å²) < 4.78 is 53.8. The van der Waals surface area contributed by atoms with Crippen LogP contribution < -0.4 is 14.4 Å². The molecule has 1 aliphatic carbocycles. The van der Waals surface area contributed by atoms with E-state index >= 15 is 0 Å². The minimum absolute atomic E-state index is 0.0189. The summed E-state index contributed by atoms with van der Waals surface area (Å²) in [7, 11) is 0. The number of rotatable bonds is 14. The second-order valence-corrected chi connectivity index (χ2v) is 13.7. The van der Waals surface area contributed by atoms with Crippen molar-refractivity contribution < 1.29 is 32.5 Å². The fourth-order valence-electron chi connectivity index (χ4n) is 6.43. The van der Waals surface area contributed by atoms with E-state index in [1.807, 2.05) is 11.8 Å². The van der Waals surface area contributed by atoms with Crippen molar-refractivity contribution in [3.63, 3.8) is 0 Å². The third-order valence-corrected chi connectivity index (χ3v) is 9.12. The summed E-state index contributed by atoms with van der Waals surface area (Å²) in [6.45, 7) is 10.7. The van der Waals surface area contributed by atoms with Crippen LogP contribution in [-0.4, -0.2) is 33.8 Å². The highest BCUT2D eigenvalue weighted by atomic mass is 19.4. The van der Waals surface area contributed by atoms with Crippen molar-refractivity contribution >= 4 is 11.9 Å². The van der Waals surface area contributed by atoms with Crippen molar-refractivity contribution in [2.75, 3.05) is 11.5 Å². The van der Waals surface area contributed by atoms with Gasteiger partial charge in [0.05, 0.1) is 30.7 Å². The zero-order valence-electron chi connectivity index (χ0n) is 29.4. The SMILES string of the molecule is Cc1cc(CN(Cc2cc(C)c(OC3CCCC3)cc2-c2cc(C(C)C)ccc2C)c2ncc(OCCCC(=O)O)cn2)cc(C(F)(F)F)c1. The van der Waals surface area contributed by atoms with Crippen LogP contribution in [0, 0.1) is 20.8 Å². The lowest BCUT2D eigenvalue weighted by atomic mass is 9.90. The number of benzene rings is 3. The highest BCUT2D eigenvalue weighted by Crippen LogP contribution is 2.38. The van der Waals surface area contributed by atoms with Crippen molar-refractivity contribution in [2.45, 2.75) is 104 Å². The summed E-state index contributed by atoms with van der Waals surface area (Å²) in [5.74, 6) is 0.946. The molecule has 0 aliphatic heterocycles. The second kappa shape index (κ2) is 16.0. The topological polar surface area (TPSA) is 84.8 Å². The Bertz CT molecular complexity index is 1780. The summed E-state index contributed by atoms with van der Waals surface area (Å²) in [4.78, 5) is 21.9. The Morgan fingerprint density at radius 3 is 2.32 bits per heavy atom. The Morgan fingerprint density at radius 2 is 1.66 bits per heavy atom. The Balaban J connectivity index is 1.57. The minimum atomic E-state index is -4.49. The molecule has 1 fully saturated rings. The molecule has 0 unspecified atom stereocenters. The number of hydrogen-bond acceptors (Lipinski definition) is 6. The van der Waals surface area contributed by atoms with Gasteiger partial charge in [-0.15, -0.1) is 0 Å². The van der Waals surface area contributed by atoms with Gasteiger partial charge in [0.15, 0.2) is 5.75 Å². The molecular weight excluding hydrogens is 643 g/mol. The molecule has 0 radical (unpaired) electrons. The first-order valence-corrected chi connectivity index (χ1v) is 17.3. The number of halogens is 3. The molecule has 266 valence electrons. The Labute approximate surface area is 292 Å². The quantitative estimate of drug-likeness (QED) is 0.132. The molecule has 50 heavy (non-hydrogen) atoms. The molecule has 0 bridgehead atoms. The van der Waals surface area contributed by atoms with E-state index in [9.17, 15) is 18.0 Å². The Morgan fingerprint density at radius 1 is 0.940 bits per heavy atom. The van der Waals surface area contributed by atoms with Gasteiger partial charge in [-0.3, -0.25) is 4.79 Å². The maximum atomic E-state index is 13.9. The predicted molar refractivity (Wildman–Crippen MR) is 189 cm³/mol. The lowest BCUT2D eigenvalue weighted by Crippen LogP contribution is -2.25. The number of hydrogen-bond donors (Lipinski definition) is 1. The molecule has 3 aromatic carbocycles. The lowest BCUT2D eigenvalue weighted by molar-refractivity contribution is -0.138. The second-order valence-electron chi connectivity index (χ2n) is 13.7. The van der Waals surface area contributed by atoms with Gasteiger partial charge in [0.2, 0.25) is 5.95 Å². The molecule has 4 aromatic rings. The number of aliphatic carboxylic acids is 1. The minimum Gasteiger partial charge on any atom is -0.490 e. The van der Waals surface area contributed by atoms with E-state index in [-0.39, 0.29) is 25.7 Å². The molecule has 1 aromatic heterocycles. The van der Waals surface area contributed by atoms with Gasteiger partial charge in [0.25, 0.3) is 0 Å². The van der Waals surface area contributed by atoms with E-state index in [0.717, 1.165) is 65.3 Å². The molecule has 7 nitrogen and oxygen atoms in total. The van der Waals surface area contributed by atoms with Crippen LogP contribution >= 0.6 is 0 Å². The fraction of sp³-hybridized carbons (Fsp3) is 0.425. The van der Waals surface area contributed by atoms with Crippen molar-refractivity contribution in [2.24, 2.45) is 0 Å². The average Bonchev–Trinajstić information content (AvgIpc) is 3.57. The van der Waals surface area contributed by atoms with E-state index in [4.69, 9.17) is 14.6 Å². The van der Waals surface area contributed by atoms with Crippen molar-refractivity contribution in [1.29, 1.82) is 0 Å². The zero-order chi connectivity index (χ0) is 36.0.